The molecule has 0 fully saturated rings. The highest BCUT2D eigenvalue weighted by atomic mass is 16.7. The second-order valence-corrected chi connectivity index (χ2v) is 5.22. The first-order chi connectivity index (χ1) is 11.8. The summed E-state index contributed by atoms with van der Waals surface area (Å²) < 4.78 is 15.6. The monoisotopic (exact) mass is 329 g/mol. The van der Waals surface area contributed by atoms with E-state index in [1.54, 1.807) is 19.4 Å². The summed E-state index contributed by atoms with van der Waals surface area (Å²) in [6.45, 7) is 1.88. The van der Waals surface area contributed by atoms with Crippen LogP contribution in [-0.4, -0.2) is 37.9 Å². The summed E-state index contributed by atoms with van der Waals surface area (Å²) in [5.74, 6) is 1.19. The van der Waals surface area contributed by atoms with Crippen LogP contribution in [0.4, 0.5) is 5.69 Å². The average molecular weight is 329 g/mol. The van der Waals surface area contributed by atoms with Crippen LogP contribution in [0.25, 0.3) is 0 Å². The number of carbonyl (C=O) groups is 1. The van der Waals surface area contributed by atoms with Gasteiger partial charge in [0, 0.05) is 32.1 Å². The Morgan fingerprint density at radius 2 is 2.12 bits per heavy atom. The molecule has 24 heavy (non-hydrogen) atoms. The Bertz CT molecular complexity index is 721. The van der Waals surface area contributed by atoms with Crippen LogP contribution in [0.3, 0.4) is 0 Å². The molecule has 1 aliphatic heterocycles. The van der Waals surface area contributed by atoms with Gasteiger partial charge in [0.2, 0.25) is 6.79 Å². The first-order valence-corrected chi connectivity index (χ1v) is 7.62. The number of methoxy groups -OCH3 is 1. The quantitative estimate of drug-likeness (QED) is 0.754. The van der Waals surface area contributed by atoms with Gasteiger partial charge < -0.3 is 24.8 Å². The van der Waals surface area contributed by atoms with Crippen LogP contribution >= 0.6 is 0 Å². The standard InChI is InChI=1S/C17H19N3O4/c1-22-7-6-18-13-4-5-19-14(9-13)17(21)20-10-12-2-3-15-16(8-12)24-11-23-15/h2-5,8-9H,6-7,10-11H2,1H3,(H,18,19)(H,20,21). The van der Waals surface area contributed by atoms with Gasteiger partial charge in [-0.1, -0.05) is 6.07 Å². The molecule has 0 atom stereocenters. The average Bonchev–Trinajstić information content (AvgIpc) is 3.08. The summed E-state index contributed by atoms with van der Waals surface area (Å²) in [5.41, 5.74) is 2.12. The van der Waals surface area contributed by atoms with E-state index in [0.29, 0.717) is 31.1 Å². The number of carbonyl (C=O) groups excluding carboxylic acids is 1. The van der Waals surface area contributed by atoms with E-state index in [-0.39, 0.29) is 12.7 Å². The highest BCUT2D eigenvalue weighted by Crippen LogP contribution is 2.32. The second kappa shape index (κ2) is 7.65. The zero-order valence-electron chi connectivity index (χ0n) is 13.4. The van der Waals surface area contributed by atoms with E-state index < -0.39 is 0 Å². The number of pyridine rings is 1. The summed E-state index contributed by atoms with van der Waals surface area (Å²) >= 11 is 0. The van der Waals surface area contributed by atoms with Crippen LogP contribution in [-0.2, 0) is 11.3 Å². The Labute approximate surface area is 139 Å². The van der Waals surface area contributed by atoms with Gasteiger partial charge in [0.15, 0.2) is 11.5 Å². The maximum absolute atomic E-state index is 12.3. The van der Waals surface area contributed by atoms with E-state index in [1.165, 1.54) is 0 Å². The molecule has 1 aromatic heterocycles. The highest BCUT2D eigenvalue weighted by Gasteiger charge is 2.14. The number of hydrogen-bond donors (Lipinski definition) is 2. The van der Waals surface area contributed by atoms with Crippen molar-refractivity contribution in [1.82, 2.24) is 10.3 Å². The van der Waals surface area contributed by atoms with Gasteiger partial charge in [-0.25, -0.2) is 0 Å². The van der Waals surface area contributed by atoms with Crippen LogP contribution < -0.4 is 20.1 Å². The van der Waals surface area contributed by atoms with Crippen LogP contribution in [0.1, 0.15) is 16.1 Å². The zero-order valence-corrected chi connectivity index (χ0v) is 13.4. The molecular weight excluding hydrogens is 310 g/mol. The molecule has 3 rings (SSSR count). The van der Waals surface area contributed by atoms with Crippen molar-refractivity contribution in [1.29, 1.82) is 0 Å². The Kier molecular flexibility index (Phi) is 5.12. The molecule has 0 unspecified atom stereocenters. The molecule has 126 valence electrons. The van der Waals surface area contributed by atoms with Gasteiger partial charge in [0.1, 0.15) is 5.69 Å². The molecule has 0 spiro atoms. The normalized spacial score (nSPS) is 12.0. The predicted octanol–water partition coefficient (Wildman–Crippen LogP) is 1.80. The lowest BCUT2D eigenvalue weighted by Crippen LogP contribution is -2.24. The van der Waals surface area contributed by atoms with Crippen LogP contribution in [0.2, 0.25) is 0 Å². The van der Waals surface area contributed by atoms with Crippen molar-refractivity contribution in [2.45, 2.75) is 6.54 Å². The molecule has 2 heterocycles. The number of nitrogens with zero attached hydrogens (tertiary/aromatic N) is 1. The van der Waals surface area contributed by atoms with Crippen molar-refractivity contribution in [2.75, 3.05) is 32.4 Å². The van der Waals surface area contributed by atoms with E-state index >= 15 is 0 Å². The fraction of sp³-hybridized carbons (Fsp3) is 0.294. The van der Waals surface area contributed by atoms with Crippen molar-refractivity contribution in [3.05, 3.63) is 47.8 Å². The topological polar surface area (TPSA) is 81.7 Å². The van der Waals surface area contributed by atoms with E-state index in [1.807, 2.05) is 24.3 Å². The molecule has 2 aromatic rings. The minimum Gasteiger partial charge on any atom is -0.454 e. The minimum atomic E-state index is -0.233. The molecule has 0 saturated carbocycles. The van der Waals surface area contributed by atoms with Crippen molar-refractivity contribution in [2.24, 2.45) is 0 Å². The smallest absolute Gasteiger partial charge is 0.270 e. The van der Waals surface area contributed by atoms with Crippen molar-refractivity contribution >= 4 is 11.6 Å². The fourth-order valence-electron chi connectivity index (χ4n) is 2.29. The third-order valence-electron chi connectivity index (χ3n) is 3.52. The SMILES string of the molecule is COCCNc1ccnc(C(=O)NCc2ccc3c(c2)OCO3)c1. The number of ether oxygens (including phenoxy) is 3. The third-order valence-corrected chi connectivity index (χ3v) is 3.52. The maximum atomic E-state index is 12.3. The molecule has 7 heteroatoms. The number of rotatable bonds is 7. The summed E-state index contributed by atoms with van der Waals surface area (Å²) in [7, 11) is 1.64. The first kappa shape index (κ1) is 16.1. The van der Waals surface area contributed by atoms with Gasteiger partial charge in [-0.05, 0) is 29.8 Å². The molecule has 1 aromatic carbocycles. The van der Waals surface area contributed by atoms with E-state index in [9.17, 15) is 4.79 Å². The lowest BCUT2D eigenvalue weighted by Gasteiger charge is -2.08. The van der Waals surface area contributed by atoms with Crippen LogP contribution in [0, 0.1) is 0 Å². The van der Waals surface area contributed by atoms with E-state index in [2.05, 4.69) is 15.6 Å². The number of hydrogen-bond acceptors (Lipinski definition) is 6. The van der Waals surface area contributed by atoms with Crippen LogP contribution in [0.15, 0.2) is 36.5 Å². The highest BCUT2D eigenvalue weighted by molar-refractivity contribution is 5.93. The molecule has 1 aliphatic rings. The minimum absolute atomic E-state index is 0.233. The van der Waals surface area contributed by atoms with Gasteiger partial charge >= 0.3 is 0 Å². The maximum Gasteiger partial charge on any atom is 0.270 e. The van der Waals surface area contributed by atoms with Crippen LogP contribution in [0.5, 0.6) is 11.5 Å². The number of benzene rings is 1. The summed E-state index contributed by atoms with van der Waals surface area (Å²) in [5, 5.41) is 6.02. The Morgan fingerprint density at radius 1 is 1.25 bits per heavy atom. The first-order valence-electron chi connectivity index (χ1n) is 7.62. The number of fused-ring (bicyclic) bond motifs is 1. The predicted molar refractivity (Wildman–Crippen MR) is 88.3 cm³/mol. The summed E-state index contributed by atoms with van der Waals surface area (Å²) in [4.78, 5) is 16.4. The number of anilines is 1. The number of aromatic nitrogens is 1. The molecule has 0 bridgehead atoms. The zero-order chi connectivity index (χ0) is 16.8. The lowest BCUT2D eigenvalue weighted by atomic mass is 10.2. The summed E-state index contributed by atoms with van der Waals surface area (Å²) in [6.07, 6.45) is 1.60. The van der Waals surface area contributed by atoms with Crippen molar-refractivity contribution in [3.8, 4) is 11.5 Å². The van der Waals surface area contributed by atoms with Crippen molar-refractivity contribution in [3.63, 3.8) is 0 Å². The van der Waals surface area contributed by atoms with Gasteiger partial charge in [-0.3, -0.25) is 9.78 Å². The molecule has 7 nitrogen and oxygen atoms in total. The largest absolute Gasteiger partial charge is 0.454 e. The lowest BCUT2D eigenvalue weighted by molar-refractivity contribution is 0.0946. The molecule has 2 N–H and O–H groups in total. The molecular formula is C17H19N3O4. The molecule has 1 amide bonds. The van der Waals surface area contributed by atoms with Gasteiger partial charge in [-0.15, -0.1) is 0 Å². The Hall–Kier alpha value is -2.80. The summed E-state index contributed by atoms with van der Waals surface area (Å²) in [6, 6.07) is 9.11. The third kappa shape index (κ3) is 3.94. The molecule has 0 aliphatic carbocycles. The van der Waals surface area contributed by atoms with Gasteiger partial charge in [-0.2, -0.15) is 0 Å². The number of amides is 1. The van der Waals surface area contributed by atoms with Crippen molar-refractivity contribution < 1.29 is 19.0 Å². The Balaban J connectivity index is 1.57. The molecule has 0 saturated heterocycles. The van der Waals surface area contributed by atoms with Gasteiger partial charge in [0.05, 0.1) is 6.61 Å². The second-order valence-electron chi connectivity index (χ2n) is 5.22. The Morgan fingerprint density at radius 3 is 3.00 bits per heavy atom. The van der Waals surface area contributed by atoms with E-state index in [0.717, 1.165) is 17.0 Å². The van der Waals surface area contributed by atoms with E-state index in [4.69, 9.17) is 14.2 Å². The molecule has 0 radical (unpaired) electrons. The number of nitrogens with one attached hydrogen (secondary N) is 2. The fourth-order valence-corrected chi connectivity index (χ4v) is 2.29. The van der Waals surface area contributed by atoms with Gasteiger partial charge in [0.25, 0.3) is 5.91 Å².